The lowest BCUT2D eigenvalue weighted by molar-refractivity contribution is -0.122. The molecule has 0 fully saturated rings. The second-order valence-corrected chi connectivity index (χ2v) is 6.07. The molecule has 1 heterocycles. The third kappa shape index (κ3) is 4.65. The molecule has 1 amide bonds. The predicted octanol–water partition coefficient (Wildman–Crippen LogP) is 2.94. The number of hydrogen-bond acceptors (Lipinski definition) is 3. The van der Waals surface area contributed by atoms with Crippen LogP contribution < -0.4 is 5.32 Å². The van der Waals surface area contributed by atoms with Gasteiger partial charge in [0.15, 0.2) is 0 Å². The highest BCUT2D eigenvalue weighted by Crippen LogP contribution is 2.14. The van der Waals surface area contributed by atoms with E-state index in [9.17, 15) is 9.18 Å². The molecule has 0 aliphatic carbocycles. The molecule has 0 spiro atoms. The van der Waals surface area contributed by atoms with Gasteiger partial charge in [-0.05, 0) is 37.0 Å². The van der Waals surface area contributed by atoms with Gasteiger partial charge in [0, 0.05) is 17.0 Å². The zero-order valence-electron chi connectivity index (χ0n) is 12.2. The number of nitrogens with zero attached hydrogens (tertiary/aromatic N) is 1. The van der Waals surface area contributed by atoms with Crippen LogP contribution in [0, 0.1) is 12.7 Å². The van der Waals surface area contributed by atoms with Crippen LogP contribution in [0.3, 0.4) is 0 Å². The highest BCUT2D eigenvalue weighted by molar-refractivity contribution is 7.10. The monoisotopic (exact) mass is 306 g/mol. The largest absolute Gasteiger partial charge is 0.350 e. The molecule has 1 aromatic heterocycles. The smallest absolute Gasteiger partial charge is 0.234 e. The highest BCUT2D eigenvalue weighted by atomic mass is 32.1. The van der Waals surface area contributed by atoms with E-state index < -0.39 is 0 Å². The van der Waals surface area contributed by atoms with E-state index in [1.807, 2.05) is 25.4 Å². The molecular formula is C16H19FN2OS. The van der Waals surface area contributed by atoms with Gasteiger partial charge in [-0.15, -0.1) is 11.3 Å². The first-order valence-electron chi connectivity index (χ1n) is 6.78. The summed E-state index contributed by atoms with van der Waals surface area (Å²) >= 11 is 1.64. The minimum absolute atomic E-state index is 0.0540. The molecule has 0 aliphatic rings. The number of nitrogens with one attached hydrogen (secondary N) is 1. The number of halogens is 1. The van der Waals surface area contributed by atoms with Crippen LogP contribution in [-0.4, -0.2) is 24.4 Å². The molecule has 1 N–H and O–H groups in total. The first-order chi connectivity index (χ1) is 10.1. The Morgan fingerprint density at radius 3 is 2.76 bits per heavy atom. The number of rotatable bonds is 6. The van der Waals surface area contributed by atoms with Crippen molar-refractivity contribution >= 4 is 17.2 Å². The number of hydrogen-bond donors (Lipinski definition) is 1. The van der Waals surface area contributed by atoms with Crippen molar-refractivity contribution in [3.63, 3.8) is 0 Å². The fourth-order valence-electron chi connectivity index (χ4n) is 2.04. The van der Waals surface area contributed by atoms with Crippen LogP contribution in [0.4, 0.5) is 4.39 Å². The van der Waals surface area contributed by atoms with E-state index in [1.54, 1.807) is 34.4 Å². The summed E-state index contributed by atoms with van der Waals surface area (Å²) in [6.45, 7) is 3.25. The fourth-order valence-corrected chi connectivity index (χ4v) is 2.88. The maximum absolute atomic E-state index is 13.5. The topological polar surface area (TPSA) is 32.3 Å². The molecule has 3 nitrogen and oxygen atoms in total. The molecule has 0 bridgehead atoms. The number of thiophene rings is 1. The van der Waals surface area contributed by atoms with Gasteiger partial charge >= 0.3 is 0 Å². The second kappa shape index (κ2) is 7.33. The molecule has 0 aliphatic heterocycles. The van der Waals surface area contributed by atoms with Crippen molar-refractivity contribution in [1.82, 2.24) is 10.2 Å². The zero-order chi connectivity index (χ0) is 15.2. The summed E-state index contributed by atoms with van der Waals surface area (Å²) in [4.78, 5) is 14.9. The Morgan fingerprint density at radius 1 is 1.33 bits per heavy atom. The Hall–Kier alpha value is -1.72. The van der Waals surface area contributed by atoms with Gasteiger partial charge in [-0.3, -0.25) is 9.69 Å². The van der Waals surface area contributed by atoms with Crippen molar-refractivity contribution in [3.8, 4) is 0 Å². The summed E-state index contributed by atoms with van der Waals surface area (Å²) in [7, 11) is 1.81. The van der Waals surface area contributed by atoms with E-state index in [2.05, 4.69) is 5.32 Å². The van der Waals surface area contributed by atoms with Gasteiger partial charge in [0.05, 0.1) is 13.1 Å². The normalized spacial score (nSPS) is 10.9. The van der Waals surface area contributed by atoms with Crippen LogP contribution in [0.15, 0.2) is 35.7 Å². The Bertz CT molecular complexity index is 612. The van der Waals surface area contributed by atoms with Gasteiger partial charge in [0.25, 0.3) is 0 Å². The van der Waals surface area contributed by atoms with Gasteiger partial charge in [-0.1, -0.05) is 18.2 Å². The molecule has 112 valence electrons. The van der Waals surface area contributed by atoms with E-state index in [4.69, 9.17) is 0 Å². The van der Waals surface area contributed by atoms with Crippen molar-refractivity contribution in [1.29, 1.82) is 0 Å². The first kappa shape index (κ1) is 15.7. The van der Waals surface area contributed by atoms with Gasteiger partial charge in [-0.25, -0.2) is 4.39 Å². The van der Waals surface area contributed by atoms with E-state index in [0.717, 1.165) is 0 Å². The lowest BCUT2D eigenvalue weighted by atomic mass is 10.2. The molecule has 0 unspecified atom stereocenters. The molecule has 5 heteroatoms. The first-order valence-corrected chi connectivity index (χ1v) is 7.66. The lowest BCUT2D eigenvalue weighted by Gasteiger charge is -2.16. The lowest BCUT2D eigenvalue weighted by Crippen LogP contribution is -2.34. The summed E-state index contributed by atoms with van der Waals surface area (Å²) in [5.74, 6) is -0.291. The average molecular weight is 306 g/mol. The van der Waals surface area contributed by atoms with Crippen molar-refractivity contribution < 1.29 is 9.18 Å². The minimum Gasteiger partial charge on any atom is -0.350 e. The summed E-state index contributed by atoms with van der Waals surface area (Å²) in [5.41, 5.74) is 1.79. The summed E-state index contributed by atoms with van der Waals surface area (Å²) < 4.78 is 13.5. The molecule has 2 rings (SSSR count). The Kier molecular flexibility index (Phi) is 5.47. The molecule has 0 radical (unpaired) electrons. The van der Waals surface area contributed by atoms with Crippen molar-refractivity contribution in [2.75, 3.05) is 13.6 Å². The second-order valence-electron chi connectivity index (χ2n) is 5.07. The molecule has 2 aromatic rings. The highest BCUT2D eigenvalue weighted by Gasteiger charge is 2.10. The van der Waals surface area contributed by atoms with Gasteiger partial charge in [0.1, 0.15) is 5.82 Å². The van der Waals surface area contributed by atoms with E-state index in [0.29, 0.717) is 18.7 Å². The van der Waals surface area contributed by atoms with E-state index in [1.165, 1.54) is 16.5 Å². The molecular weight excluding hydrogens is 287 g/mol. The number of aryl methyl sites for hydroxylation is 1. The molecule has 0 atom stereocenters. The number of carbonyl (C=O) groups is 1. The molecule has 21 heavy (non-hydrogen) atoms. The average Bonchev–Trinajstić information content (AvgIpc) is 2.84. The fraction of sp³-hybridized carbons (Fsp3) is 0.312. The Morgan fingerprint density at radius 2 is 2.10 bits per heavy atom. The van der Waals surface area contributed by atoms with E-state index >= 15 is 0 Å². The number of likely N-dealkylation sites (N-methyl/N-ethyl adjacent to an activating group) is 1. The third-order valence-electron chi connectivity index (χ3n) is 3.23. The predicted molar refractivity (Wildman–Crippen MR) is 83.6 cm³/mol. The van der Waals surface area contributed by atoms with Crippen LogP contribution in [-0.2, 0) is 17.9 Å². The van der Waals surface area contributed by atoms with Crippen LogP contribution in [0.25, 0.3) is 0 Å². The summed E-state index contributed by atoms with van der Waals surface area (Å²) in [5, 5.41) is 4.91. The quantitative estimate of drug-likeness (QED) is 0.890. The van der Waals surface area contributed by atoms with Crippen LogP contribution in [0.5, 0.6) is 0 Å². The van der Waals surface area contributed by atoms with Crippen molar-refractivity contribution in [2.45, 2.75) is 20.0 Å². The standard InChI is InChI=1S/C16H19FN2OS/c1-12-7-8-21-15(12)9-18-16(20)11-19(2)10-13-5-3-4-6-14(13)17/h3-8H,9-11H2,1-2H3,(H,18,20). The molecule has 1 aromatic carbocycles. The minimum atomic E-state index is -0.237. The molecule has 0 saturated heterocycles. The van der Waals surface area contributed by atoms with Crippen LogP contribution >= 0.6 is 11.3 Å². The summed E-state index contributed by atoms with van der Waals surface area (Å²) in [6, 6.07) is 8.67. The number of amides is 1. The third-order valence-corrected chi connectivity index (χ3v) is 4.25. The Balaban J connectivity index is 1.80. The zero-order valence-corrected chi connectivity index (χ0v) is 13.0. The number of carbonyl (C=O) groups excluding carboxylic acids is 1. The van der Waals surface area contributed by atoms with Gasteiger partial charge < -0.3 is 5.32 Å². The maximum Gasteiger partial charge on any atom is 0.234 e. The van der Waals surface area contributed by atoms with E-state index in [-0.39, 0.29) is 18.3 Å². The van der Waals surface area contributed by atoms with Crippen molar-refractivity contribution in [3.05, 3.63) is 57.5 Å². The maximum atomic E-state index is 13.5. The van der Waals surface area contributed by atoms with Crippen LogP contribution in [0.2, 0.25) is 0 Å². The van der Waals surface area contributed by atoms with Crippen molar-refractivity contribution in [2.24, 2.45) is 0 Å². The van der Waals surface area contributed by atoms with Gasteiger partial charge in [-0.2, -0.15) is 0 Å². The molecule has 0 saturated carbocycles. The Labute approximate surface area is 128 Å². The SMILES string of the molecule is Cc1ccsc1CNC(=O)CN(C)Cc1ccccc1F. The summed E-state index contributed by atoms with van der Waals surface area (Å²) in [6.07, 6.45) is 0. The van der Waals surface area contributed by atoms with Crippen LogP contribution in [0.1, 0.15) is 16.0 Å². The number of benzene rings is 1. The van der Waals surface area contributed by atoms with Gasteiger partial charge in [0.2, 0.25) is 5.91 Å².